The van der Waals surface area contributed by atoms with Gasteiger partial charge in [0.05, 0.1) is 5.52 Å². The van der Waals surface area contributed by atoms with Gasteiger partial charge in [0, 0.05) is 41.5 Å². The Balaban J connectivity index is 1.76. The molecule has 0 unspecified atom stereocenters. The third kappa shape index (κ3) is 3.90. The molecule has 0 aliphatic carbocycles. The molecule has 0 aliphatic rings. The van der Waals surface area contributed by atoms with Gasteiger partial charge < -0.3 is 10.6 Å². The number of nitrogens with zero attached hydrogens (tertiary/aromatic N) is 1. The molecule has 2 N–H and O–H groups in total. The van der Waals surface area contributed by atoms with Crippen LogP contribution >= 0.6 is 0 Å². The van der Waals surface area contributed by atoms with Gasteiger partial charge in [0.2, 0.25) is 5.91 Å². The molecule has 5 heteroatoms. The van der Waals surface area contributed by atoms with Crippen molar-refractivity contribution in [1.29, 1.82) is 0 Å². The van der Waals surface area contributed by atoms with Gasteiger partial charge in [0.1, 0.15) is 0 Å². The van der Waals surface area contributed by atoms with Crippen LogP contribution in [0.2, 0.25) is 0 Å². The number of aromatic nitrogens is 1. The third-order valence-corrected chi connectivity index (χ3v) is 3.70. The van der Waals surface area contributed by atoms with E-state index in [0.717, 1.165) is 16.5 Å². The zero-order valence-corrected chi connectivity index (χ0v) is 13.7. The molecule has 5 nitrogen and oxygen atoms in total. The molecule has 0 saturated carbocycles. The van der Waals surface area contributed by atoms with Crippen LogP contribution in [0.25, 0.3) is 17.0 Å². The van der Waals surface area contributed by atoms with Gasteiger partial charge in [-0.05, 0) is 30.3 Å². The van der Waals surface area contributed by atoms with Crippen molar-refractivity contribution in [3.63, 3.8) is 0 Å². The second-order valence-electron chi connectivity index (χ2n) is 5.40. The summed E-state index contributed by atoms with van der Waals surface area (Å²) in [5.41, 5.74) is 2.76. The Hall–Kier alpha value is -3.47. The Bertz CT molecular complexity index is 959. The lowest BCUT2D eigenvalue weighted by atomic mass is 10.1. The number of carbonyl (C=O) groups excluding carboxylic acids is 2. The maximum atomic E-state index is 12.2. The summed E-state index contributed by atoms with van der Waals surface area (Å²) in [4.78, 5) is 28.2. The number of benzene rings is 2. The van der Waals surface area contributed by atoms with Crippen LogP contribution in [-0.4, -0.2) is 23.8 Å². The predicted octanol–water partition coefficient (Wildman–Crippen LogP) is 3.25. The lowest BCUT2D eigenvalue weighted by molar-refractivity contribution is -0.111. The number of para-hydroxylation sites is 1. The first kappa shape index (κ1) is 16.4. The van der Waals surface area contributed by atoms with E-state index in [4.69, 9.17) is 0 Å². The molecule has 3 rings (SSSR count). The Morgan fingerprint density at radius 1 is 1.04 bits per heavy atom. The Labute approximate surface area is 145 Å². The van der Waals surface area contributed by atoms with Gasteiger partial charge in [-0.25, -0.2) is 0 Å². The first-order valence-corrected chi connectivity index (χ1v) is 7.82. The van der Waals surface area contributed by atoms with Crippen molar-refractivity contribution >= 4 is 34.5 Å². The SMILES string of the molecule is CNC(=O)c1cccc(NC(=O)/C=C/c2cccc3cccnc23)c1. The van der Waals surface area contributed by atoms with Gasteiger partial charge in [0.15, 0.2) is 0 Å². The van der Waals surface area contributed by atoms with E-state index in [1.807, 2.05) is 30.3 Å². The van der Waals surface area contributed by atoms with Crippen LogP contribution in [0.1, 0.15) is 15.9 Å². The van der Waals surface area contributed by atoms with Crippen molar-refractivity contribution in [1.82, 2.24) is 10.3 Å². The number of amides is 2. The normalized spacial score (nSPS) is 10.8. The van der Waals surface area contributed by atoms with Gasteiger partial charge in [-0.3, -0.25) is 14.6 Å². The molecule has 0 bridgehead atoms. The van der Waals surface area contributed by atoms with Crippen LogP contribution in [0.15, 0.2) is 66.9 Å². The Morgan fingerprint density at radius 3 is 2.68 bits per heavy atom. The zero-order valence-electron chi connectivity index (χ0n) is 13.7. The molecule has 1 heterocycles. The summed E-state index contributed by atoms with van der Waals surface area (Å²) in [6, 6.07) is 16.4. The van der Waals surface area contributed by atoms with Crippen LogP contribution in [-0.2, 0) is 4.79 Å². The van der Waals surface area contributed by atoms with Crippen molar-refractivity contribution < 1.29 is 9.59 Å². The third-order valence-electron chi connectivity index (χ3n) is 3.70. The number of hydrogen-bond acceptors (Lipinski definition) is 3. The zero-order chi connectivity index (χ0) is 17.6. The highest BCUT2D eigenvalue weighted by molar-refractivity contribution is 6.04. The molecule has 124 valence electrons. The summed E-state index contributed by atoms with van der Waals surface area (Å²) in [5, 5.41) is 6.32. The van der Waals surface area contributed by atoms with Crippen LogP contribution in [0, 0.1) is 0 Å². The number of pyridine rings is 1. The molecule has 0 atom stereocenters. The molecule has 1 aromatic heterocycles. The van der Waals surface area contributed by atoms with E-state index in [1.54, 1.807) is 43.6 Å². The number of fused-ring (bicyclic) bond motifs is 1. The van der Waals surface area contributed by atoms with Gasteiger partial charge in [-0.2, -0.15) is 0 Å². The van der Waals surface area contributed by atoms with E-state index in [0.29, 0.717) is 11.3 Å². The fourth-order valence-corrected chi connectivity index (χ4v) is 2.49. The molecule has 3 aromatic rings. The second-order valence-corrected chi connectivity index (χ2v) is 5.40. The summed E-state index contributed by atoms with van der Waals surface area (Å²) in [6.07, 6.45) is 4.91. The van der Waals surface area contributed by atoms with Crippen LogP contribution in [0.3, 0.4) is 0 Å². The lowest BCUT2D eigenvalue weighted by Crippen LogP contribution is -2.18. The largest absolute Gasteiger partial charge is 0.355 e. The second kappa shape index (κ2) is 7.40. The van der Waals surface area contributed by atoms with Crippen molar-refractivity contribution in [2.24, 2.45) is 0 Å². The molecule has 0 aliphatic heterocycles. The smallest absolute Gasteiger partial charge is 0.251 e. The molecule has 0 radical (unpaired) electrons. The van der Waals surface area contributed by atoms with Gasteiger partial charge >= 0.3 is 0 Å². The first-order valence-electron chi connectivity index (χ1n) is 7.82. The molecule has 0 saturated heterocycles. The highest BCUT2D eigenvalue weighted by atomic mass is 16.2. The Morgan fingerprint density at radius 2 is 1.84 bits per heavy atom. The van der Waals surface area contributed by atoms with Crippen molar-refractivity contribution in [3.05, 3.63) is 78.0 Å². The van der Waals surface area contributed by atoms with E-state index in [2.05, 4.69) is 15.6 Å². The number of hydrogen-bond donors (Lipinski definition) is 2. The predicted molar refractivity (Wildman–Crippen MR) is 99.2 cm³/mol. The van der Waals surface area contributed by atoms with E-state index in [1.165, 1.54) is 6.08 Å². The Kier molecular flexibility index (Phi) is 4.85. The minimum Gasteiger partial charge on any atom is -0.355 e. The van der Waals surface area contributed by atoms with Crippen LogP contribution in [0.5, 0.6) is 0 Å². The summed E-state index contributed by atoms with van der Waals surface area (Å²) in [7, 11) is 1.56. The molecule has 0 fully saturated rings. The van der Waals surface area contributed by atoms with Gasteiger partial charge in [-0.15, -0.1) is 0 Å². The summed E-state index contributed by atoms with van der Waals surface area (Å²) in [5.74, 6) is -0.476. The maximum absolute atomic E-state index is 12.2. The average molecular weight is 331 g/mol. The quantitative estimate of drug-likeness (QED) is 0.721. The molecule has 25 heavy (non-hydrogen) atoms. The standard InChI is InChI=1S/C20H17N3O2/c1-21-20(25)16-7-3-9-17(13-16)23-18(24)11-10-15-6-2-5-14-8-4-12-22-19(14)15/h2-13H,1H3,(H,21,25)(H,23,24)/b11-10+. The van der Waals surface area contributed by atoms with Gasteiger partial charge in [0.25, 0.3) is 5.91 Å². The number of anilines is 1. The number of nitrogens with one attached hydrogen (secondary N) is 2. The maximum Gasteiger partial charge on any atom is 0.251 e. The molecule has 2 amide bonds. The lowest BCUT2D eigenvalue weighted by Gasteiger charge is -2.05. The first-order chi connectivity index (χ1) is 12.2. The molecule has 0 spiro atoms. The summed E-state index contributed by atoms with van der Waals surface area (Å²) in [6.45, 7) is 0. The van der Waals surface area contributed by atoms with Crippen molar-refractivity contribution in [3.8, 4) is 0 Å². The highest BCUT2D eigenvalue weighted by Crippen LogP contribution is 2.17. The fraction of sp³-hybridized carbons (Fsp3) is 0.0500. The monoisotopic (exact) mass is 331 g/mol. The minimum absolute atomic E-state index is 0.200. The summed E-state index contributed by atoms with van der Waals surface area (Å²) >= 11 is 0. The fourth-order valence-electron chi connectivity index (χ4n) is 2.49. The average Bonchev–Trinajstić information content (AvgIpc) is 2.66. The highest BCUT2D eigenvalue weighted by Gasteiger charge is 2.05. The van der Waals surface area contributed by atoms with E-state index in [9.17, 15) is 9.59 Å². The molecule has 2 aromatic carbocycles. The van der Waals surface area contributed by atoms with E-state index < -0.39 is 0 Å². The topological polar surface area (TPSA) is 71.1 Å². The molecular weight excluding hydrogens is 314 g/mol. The van der Waals surface area contributed by atoms with E-state index >= 15 is 0 Å². The number of carbonyl (C=O) groups is 2. The number of rotatable bonds is 4. The summed E-state index contributed by atoms with van der Waals surface area (Å²) < 4.78 is 0. The van der Waals surface area contributed by atoms with Crippen molar-refractivity contribution in [2.75, 3.05) is 12.4 Å². The minimum atomic E-state index is -0.276. The van der Waals surface area contributed by atoms with E-state index in [-0.39, 0.29) is 11.8 Å². The van der Waals surface area contributed by atoms with Crippen LogP contribution in [0.4, 0.5) is 5.69 Å². The molecular formula is C20H17N3O2. The van der Waals surface area contributed by atoms with Gasteiger partial charge in [-0.1, -0.05) is 30.3 Å². The van der Waals surface area contributed by atoms with Crippen molar-refractivity contribution in [2.45, 2.75) is 0 Å². The van der Waals surface area contributed by atoms with Crippen LogP contribution < -0.4 is 10.6 Å².